The molecule has 0 bridgehead atoms. The summed E-state index contributed by atoms with van der Waals surface area (Å²) in [6.45, 7) is 2.14. The molecule has 1 aromatic heterocycles. The summed E-state index contributed by atoms with van der Waals surface area (Å²) in [6, 6.07) is 12.0. The Morgan fingerprint density at radius 3 is 2.59 bits per heavy atom. The molecule has 88 valence electrons. The Hall–Kier alpha value is -1.94. The standard InChI is InChI=1S/C13H16N4/c1-2-6-11-9-12(15-14)16-17-13(11)10-7-4-3-5-8-10/h3-5,7-9H,2,6,14H2,1H3,(H,15,16). The van der Waals surface area contributed by atoms with Gasteiger partial charge in [0.05, 0.1) is 5.69 Å². The molecule has 0 spiro atoms. The zero-order valence-electron chi connectivity index (χ0n) is 9.85. The fraction of sp³-hybridized carbons (Fsp3) is 0.231. The van der Waals surface area contributed by atoms with Gasteiger partial charge in [0.15, 0.2) is 5.82 Å². The van der Waals surface area contributed by atoms with Crippen molar-refractivity contribution in [1.82, 2.24) is 10.2 Å². The third-order valence-corrected chi connectivity index (χ3v) is 2.59. The zero-order chi connectivity index (χ0) is 12.1. The highest BCUT2D eigenvalue weighted by Gasteiger charge is 2.08. The molecule has 4 heteroatoms. The molecule has 0 atom stereocenters. The van der Waals surface area contributed by atoms with Gasteiger partial charge < -0.3 is 5.43 Å². The number of benzene rings is 1. The van der Waals surface area contributed by atoms with E-state index < -0.39 is 0 Å². The van der Waals surface area contributed by atoms with E-state index in [4.69, 9.17) is 5.84 Å². The van der Waals surface area contributed by atoms with Crippen molar-refractivity contribution in [3.05, 3.63) is 42.0 Å². The van der Waals surface area contributed by atoms with Crippen LogP contribution in [0.4, 0.5) is 5.82 Å². The molecule has 2 aromatic rings. The molecule has 3 N–H and O–H groups in total. The lowest BCUT2D eigenvalue weighted by Crippen LogP contribution is -2.10. The Morgan fingerprint density at radius 2 is 1.94 bits per heavy atom. The van der Waals surface area contributed by atoms with Gasteiger partial charge in [0.25, 0.3) is 0 Å². The second kappa shape index (κ2) is 5.41. The van der Waals surface area contributed by atoms with Gasteiger partial charge in [-0.1, -0.05) is 43.7 Å². The molecule has 2 rings (SSSR count). The molecule has 0 fully saturated rings. The van der Waals surface area contributed by atoms with Crippen molar-refractivity contribution in [3.63, 3.8) is 0 Å². The minimum absolute atomic E-state index is 0.605. The number of nitrogens with one attached hydrogen (secondary N) is 1. The van der Waals surface area contributed by atoms with Crippen LogP contribution in [0.25, 0.3) is 11.3 Å². The third-order valence-electron chi connectivity index (χ3n) is 2.59. The Morgan fingerprint density at radius 1 is 1.18 bits per heavy atom. The quantitative estimate of drug-likeness (QED) is 0.623. The van der Waals surface area contributed by atoms with Crippen LogP contribution < -0.4 is 11.3 Å². The molecule has 0 saturated heterocycles. The van der Waals surface area contributed by atoms with Gasteiger partial charge in [-0.05, 0) is 18.1 Å². The molecule has 1 aromatic carbocycles. The zero-order valence-corrected chi connectivity index (χ0v) is 9.85. The summed E-state index contributed by atoms with van der Waals surface area (Å²) in [4.78, 5) is 0. The van der Waals surface area contributed by atoms with Crippen molar-refractivity contribution in [3.8, 4) is 11.3 Å². The van der Waals surface area contributed by atoms with E-state index in [1.165, 1.54) is 5.56 Å². The predicted molar refractivity (Wildman–Crippen MR) is 69.3 cm³/mol. The van der Waals surface area contributed by atoms with Crippen LogP contribution in [-0.4, -0.2) is 10.2 Å². The van der Waals surface area contributed by atoms with Gasteiger partial charge in [0.2, 0.25) is 0 Å². The number of anilines is 1. The molecule has 17 heavy (non-hydrogen) atoms. The van der Waals surface area contributed by atoms with Gasteiger partial charge in [-0.25, -0.2) is 5.84 Å². The number of hydrazine groups is 1. The number of aromatic nitrogens is 2. The molecule has 0 unspecified atom stereocenters. The minimum Gasteiger partial charge on any atom is -0.307 e. The fourth-order valence-electron chi connectivity index (χ4n) is 1.80. The number of aryl methyl sites for hydroxylation is 1. The predicted octanol–water partition coefficient (Wildman–Crippen LogP) is 2.38. The first-order valence-electron chi connectivity index (χ1n) is 5.73. The molecule has 1 heterocycles. The lowest BCUT2D eigenvalue weighted by molar-refractivity contribution is 0.897. The highest BCUT2D eigenvalue weighted by atomic mass is 15.3. The first-order chi connectivity index (χ1) is 8.35. The van der Waals surface area contributed by atoms with Gasteiger partial charge in [-0.2, -0.15) is 0 Å². The summed E-state index contributed by atoms with van der Waals surface area (Å²) in [6.07, 6.45) is 2.03. The molecule has 0 aliphatic heterocycles. The Kier molecular flexibility index (Phi) is 3.67. The van der Waals surface area contributed by atoms with E-state index in [-0.39, 0.29) is 0 Å². The van der Waals surface area contributed by atoms with Gasteiger partial charge in [-0.15, -0.1) is 10.2 Å². The lowest BCUT2D eigenvalue weighted by atomic mass is 10.0. The molecular weight excluding hydrogens is 212 g/mol. The normalized spacial score (nSPS) is 10.2. The van der Waals surface area contributed by atoms with E-state index in [1.54, 1.807) is 0 Å². The molecular formula is C13H16N4. The Balaban J connectivity index is 2.46. The average molecular weight is 228 g/mol. The minimum atomic E-state index is 0.605. The molecule has 0 aliphatic rings. The smallest absolute Gasteiger partial charge is 0.162 e. The maximum absolute atomic E-state index is 5.35. The topological polar surface area (TPSA) is 63.8 Å². The number of nitrogen functional groups attached to an aromatic ring is 1. The Bertz CT molecular complexity index is 482. The van der Waals surface area contributed by atoms with Gasteiger partial charge in [0, 0.05) is 5.56 Å². The lowest BCUT2D eigenvalue weighted by Gasteiger charge is -2.08. The summed E-state index contributed by atoms with van der Waals surface area (Å²) in [5.41, 5.74) is 5.73. The highest BCUT2D eigenvalue weighted by Crippen LogP contribution is 2.23. The first-order valence-corrected chi connectivity index (χ1v) is 5.73. The van der Waals surface area contributed by atoms with Crippen molar-refractivity contribution >= 4 is 5.82 Å². The maximum Gasteiger partial charge on any atom is 0.162 e. The molecule has 4 nitrogen and oxygen atoms in total. The van der Waals surface area contributed by atoms with E-state index in [0.29, 0.717) is 5.82 Å². The summed E-state index contributed by atoms with van der Waals surface area (Å²) in [5, 5.41) is 8.28. The molecule has 0 saturated carbocycles. The van der Waals surface area contributed by atoms with E-state index in [0.717, 1.165) is 24.1 Å². The number of hydrogen-bond acceptors (Lipinski definition) is 4. The van der Waals surface area contributed by atoms with E-state index in [9.17, 15) is 0 Å². The SMILES string of the molecule is CCCc1cc(NN)nnc1-c1ccccc1. The van der Waals surface area contributed by atoms with Crippen molar-refractivity contribution in [1.29, 1.82) is 0 Å². The molecule has 0 amide bonds. The van der Waals surface area contributed by atoms with Crippen LogP contribution in [0.5, 0.6) is 0 Å². The first kappa shape index (κ1) is 11.5. The van der Waals surface area contributed by atoms with Crippen LogP contribution in [0.3, 0.4) is 0 Å². The van der Waals surface area contributed by atoms with E-state index >= 15 is 0 Å². The van der Waals surface area contributed by atoms with Gasteiger partial charge in [0.1, 0.15) is 0 Å². The summed E-state index contributed by atoms with van der Waals surface area (Å²) in [7, 11) is 0. The number of nitrogens with two attached hydrogens (primary N) is 1. The molecule has 0 aliphatic carbocycles. The van der Waals surface area contributed by atoms with Crippen molar-refractivity contribution in [2.45, 2.75) is 19.8 Å². The Labute approximate surface area is 101 Å². The largest absolute Gasteiger partial charge is 0.307 e. The van der Waals surface area contributed by atoms with E-state index in [1.807, 2.05) is 36.4 Å². The van der Waals surface area contributed by atoms with Crippen LogP contribution in [-0.2, 0) is 6.42 Å². The number of rotatable bonds is 4. The van der Waals surface area contributed by atoms with Crippen LogP contribution >= 0.6 is 0 Å². The second-order valence-corrected chi connectivity index (χ2v) is 3.86. The second-order valence-electron chi connectivity index (χ2n) is 3.86. The maximum atomic E-state index is 5.35. The van der Waals surface area contributed by atoms with Gasteiger partial charge >= 0.3 is 0 Å². The third kappa shape index (κ3) is 2.60. The van der Waals surface area contributed by atoms with Crippen molar-refractivity contribution < 1.29 is 0 Å². The van der Waals surface area contributed by atoms with E-state index in [2.05, 4.69) is 22.5 Å². The van der Waals surface area contributed by atoms with Gasteiger partial charge in [-0.3, -0.25) is 0 Å². The van der Waals surface area contributed by atoms with Crippen LogP contribution in [0, 0.1) is 0 Å². The monoisotopic (exact) mass is 228 g/mol. The van der Waals surface area contributed by atoms with Crippen molar-refractivity contribution in [2.24, 2.45) is 5.84 Å². The summed E-state index contributed by atoms with van der Waals surface area (Å²) >= 11 is 0. The van der Waals surface area contributed by atoms with Crippen molar-refractivity contribution in [2.75, 3.05) is 5.43 Å². The summed E-state index contributed by atoms with van der Waals surface area (Å²) in [5.74, 6) is 5.96. The van der Waals surface area contributed by atoms with Crippen LogP contribution in [0.1, 0.15) is 18.9 Å². The number of nitrogens with zero attached hydrogens (tertiary/aromatic N) is 2. The summed E-state index contributed by atoms with van der Waals surface area (Å²) < 4.78 is 0. The van der Waals surface area contributed by atoms with Crippen LogP contribution in [0.2, 0.25) is 0 Å². The average Bonchev–Trinajstić information content (AvgIpc) is 2.40. The highest BCUT2D eigenvalue weighted by molar-refractivity contribution is 5.63. The number of hydrogen-bond donors (Lipinski definition) is 2. The molecule has 0 radical (unpaired) electrons. The fourth-order valence-corrected chi connectivity index (χ4v) is 1.80. The van der Waals surface area contributed by atoms with Crippen LogP contribution in [0.15, 0.2) is 36.4 Å².